The van der Waals surface area contributed by atoms with Crippen molar-refractivity contribution in [3.63, 3.8) is 0 Å². The van der Waals surface area contributed by atoms with Gasteiger partial charge < -0.3 is 4.89 Å². The second-order valence-corrected chi connectivity index (χ2v) is 5.35. The number of benzene rings is 1. The van der Waals surface area contributed by atoms with Crippen LogP contribution in [-0.4, -0.2) is 24.1 Å². The molecule has 0 bridgehead atoms. The molecule has 2 heterocycles. The summed E-state index contributed by atoms with van der Waals surface area (Å²) in [5.74, 6) is 1.00. The lowest BCUT2D eigenvalue weighted by Crippen LogP contribution is -2.39. The second kappa shape index (κ2) is 6.22. The first-order valence-electron chi connectivity index (χ1n) is 7.18. The molecule has 3 nitrogen and oxygen atoms in total. The first-order chi connectivity index (χ1) is 9.42. The summed E-state index contributed by atoms with van der Waals surface area (Å²) in [6.07, 6.45) is 6.92. The highest BCUT2D eigenvalue weighted by Crippen LogP contribution is 2.26. The van der Waals surface area contributed by atoms with Crippen LogP contribution in [0.15, 0.2) is 42.2 Å². The van der Waals surface area contributed by atoms with Crippen LogP contribution in [0.25, 0.3) is 0 Å². The van der Waals surface area contributed by atoms with E-state index < -0.39 is 0 Å². The Morgan fingerprint density at radius 1 is 1.16 bits per heavy atom. The van der Waals surface area contributed by atoms with E-state index in [9.17, 15) is 0 Å². The van der Waals surface area contributed by atoms with Crippen molar-refractivity contribution in [2.45, 2.75) is 38.3 Å². The molecule has 2 aliphatic rings. The Balaban J connectivity index is 1.63. The number of rotatable bonds is 4. The SMILES string of the molecule is C1=C(CC2CCCCN2Cc2ccccc2)OOC1. The van der Waals surface area contributed by atoms with Gasteiger partial charge in [-0.05, 0) is 31.0 Å². The lowest BCUT2D eigenvalue weighted by atomic mass is 9.97. The predicted octanol–water partition coefficient (Wildman–Crippen LogP) is 3.28. The number of hydrogen-bond donors (Lipinski definition) is 0. The van der Waals surface area contributed by atoms with Crippen molar-refractivity contribution >= 4 is 0 Å². The van der Waals surface area contributed by atoms with E-state index in [2.05, 4.69) is 41.3 Å². The van der Waals surface area contributed by atoms with Crippen LogP contribution < -0.4 is 0 Å². The van der Waals surface area contributed by atoms with Gasteiger partial charge in [0.1, 0.15) is 12.4 Å². The summed E-state index contributed by atoms with van der Waals surface area (Å²) in [6.45, 7) is 2.83. The van der Waals surface area contributed by atoms with Gasteiger partial charge in [-0.3, -0.25) is 4.90 Å². The molecule has 19 heavy (non-hydrogen) atoms. The number of nitrogens with zero attached hydrogens (tertiary/aromatic N) is 1. The quantitative estimate of drug-likeness (QED) is 0.775. The maximum absolute atomic E-state index is 5.19. The molecular formula is C16H21NO2. The highest BCUT2D eigenvalue weighted by atomic mass is 17.2. The van der Waals surface area contributed by atoms with Gasteiger partial charge in [-0.15, -0.1) is 0 Å². The molecule has 102 valence electrons. The van der Waals surface area contributed by atoms with E-state index in [0.29, 0.717) is 12.6 Å². The summed E-state index contributed by atoms with van der Waals surface area (Å²) in [6, 6.07) is 11.3. The van der Waals surface area contributed by atoms with Crippen molar-refractivity contribution in [1.29, 1.82) is 0 Å². The van der Waals surface area contributed by atoms with Gasteiger partial charge in [0.05, 0.1) is 0 Å². The Kier molecular flexibility index (Phi) is 4.16. The Bertz CT molecular complexity index is 430. The Labute approximate surface area is 114 Å². The molecule has 0 N–H and O–H groups in total. The van der Waals surface area contributed by atoms with Gasteiger partial charge in [0.2, 0.25) is 0 Å². The maximum atomic E-state index is 5.19. The molecule has 0 radical (unpaired) electrons. The zero-order chi connectivity index (χ0) is 12.9. The smallest absolute Gasteiger partial charge is 0.142 e. The number of piperidine rings is 1. The fourth-order valence-corrected chi connectivity index (χ4v) is 2.94. The molecule has 1 unspecified atom stereocenters. The van der Waals surface area contributed by atoms with E-state index in [0.717, 1.165) is 18.7 Å². The largest absolute Gasteiger partial charge is 0.342 e. The second-order valence-electron chi connectivity index (χ2n) is 5.35. The van der Waals surface area contributed by atoms with Gasteiger partial charge >= 0.3 is 0 Å². The summed E-state index contributed by atoms with van der Waals surface area (Å²) < 4.78 is 0. The normalized spacial score (nSPS) is 24.0. The summed E-state index contributed by atoms with van der Waals surface area (Å²) in [5, 5.41) is 0. The van der Waals surface area contributed by atoms with Gasteiger partial charge in [0, 0.05) is 19.0 Å². The molecule has 0 amide bonds. The van der Waals surface area contributed by atoms with Crippen molar-refractivity contribution in [3.05, 3.63) is 47.7 Å². The molecule has 1 saturated heterocycles. The van der Waals surface area contributed by atoms with Gasteiger partial charge in [-0.25, -0.2) is 0 Å². The van der Waals surface area contributed by atoms with Crippen LogP contribution in [0.4, 0.5) is 0 Å². The summed E-state index contributed by atoms with van der Waals surface area (Å²) in [4.78, 5) is 12.7. The molecule has 1 aromatic carbocycles. The zero-order valence-electron chi connectivity index (χ0n) is 11.3. The van der Waals surface area contributed by atoms with E-state index in [1.54, 1.807) is 0 Å². The molecule has 0 aliphatic carbocycles. The van der Waals surface area contributed by atoms with Crippen molar-refractivity contribution in [3.8, 4) is 0 Å². The average molecular weight is 259 g/mol. The molecule has 3 rings (SSSR count). The van der Waals surface area contributed by atoms with Gasteiger partial charge in [0.15, 0.2) is 0 Å². The molecule has 1 aromatic rings. The van der Waals surface area contributed by atoms with Gasteiger partial charge in [-0.1, -0.05) is 36.8 Å². The molecule has 2 aliphatic heterocycles. The minimum absolute atomic E-state index is 0.585. The van der Waals surface area contributed by atoms with E-state index >= 15 is 0 Å². The first-order valence-corrected chi connectivity index (χ1v) is 7.18. The van der Waals surface area contributed by atoms with Crippen molar-refractivity contribution in [1.82, 2.24) is 4.90 Å². The van der Waals surface area contributed by atoms with E-state index in [1.165, 1.54) is 31.4 Å². The lowest BCUT2D eigenvalue weighted by molar-refractivity contribution is -0.236. The number of hydrogen-bond acceptors (Lipinski definition) is 3. The molecule has 3 heteroatoms. The Morgan fingerprint density at radius 3 is 2.84 bits per heavy atom. The van der Waals surface area contributed by atoms with Crippen molar-refractivity contribution in [2.75, 3.05) is 13.2 Å². The minimum Gasteiger partial charge on any atom is -0.342 e. The monoisotopic (exact) mass is 259 g/mol. The fourth-order valence-electron chi connectivity index (χ4n) is 2.94. The fraction of sp³-hybridized carbons (Fsp3) is 0.500. The zero-order valence-corrected chi connectivity index (χ0v) is 11.3. The van der Waals surface area contributed by atoms with Crippen molar-refractivity contribution in [2.24, 2.45) is 0 Å². The molecular weight excluding hydrogens is 238 g/mol. The minimum atomic E-state index is 0.585. The van der Waals surface area contributed by atoms with Crippen LogP contribution in [0, 0.1) is 0 Å². The van der Waals surface area contributed by atoms with Crippen molar-refractivity contribution < 1.29 is 9.78 Å². The van der Waals surface area contributed by atoms with Gasteiger partial charge in [0.25, 0.3) is 0 Å². The highest BCUT2D eigenvalue weighted by Gasteiger charge is 2.25. The van der Waals surface area contributed by atoms with E-state index in [1.807, 2.05) is 0 Å². The third kappa shape index (κ3) is 3.37. The topological polar surface area (TPSA) is 21.7 Å². The van der Waals surface area contributed by atoms with Crippen LogP contribution in [-0.2, 0) is 16.3 Å². The molecule has 0 spiro atoms. The van der Waals surface area contributed by atoms with E-state index in [4.69, 9.17) is 9.78 Å². The first kappa shape index (κ1) is 12.7. The Hall–Kier alpha value is -1.32. The maximum Gasteiger partial charge on any atom is 0.142 e. The predicted molar refractivity (Wildman–Crippen MR) is 74.2 cm³/mol. The average Bonchev–Trinajstić information content (AvgIpc) is 2.95. The van der Waals surface area contributed by atoms with Crippen LogP contribution in [0.1, 0.15) is 31.2 Å². The van der Waals surface area contributed by atoms with E-state index in [-0.39, 0.29) is 0 Å². The molecule has 1 atom stereocenters. The molecule has 1 fully saturated rings. The standard InChI is InChI=1S/C16H21NO2/c1-2-6-14(7-3-1)13-17-10-5-4-8-15(17)12-16-9-11-18-19-16/h1-3,6-7,9,15H,4-5,8,10-13H2. The molecule has 0 aromatic heterocycles. The van der Waals surface area contributed by atoms with Crippen LogP contribution in [0.2, 0.25) is 0 Å². The lowest BCUT2D eigenvalue weighted by Gasteiger charge is -2.35. The van der Waals surface area contributed by atoms with Gasteiger partial charge in [-0.2, -0.15) is 4.89 Å². The van der Waals surface area contributed by atoms with Crippen LogP contribution in [0.3, 0.4) is 0 Å². The highest BCUT2D eigenvalue weighted by molar-refractivity contribution is 5.15. The third-order valence-electron chi connectivity index (χ3n) is 3.96. The summed E-state index contributed by atoms with van der Waals surface area (Å²) in [7, 11) is 0. The number of likely N-dealkylation sites (tertiary alicyclic amines) is 1. The van der Waals surface area contributed by atoms with Crippen LogP contribution >= 0.6 is 0 Å². The third-order valence-corrected chi connectivity index (χ3v) is 3.96. The van der Waals surface area contributed by atoms with Crippen LogP contribution in [0.5, 0.6) is 0 Å². The Morgan fingerprint density at radius 2 is 2.05 bits per heavy atom. The summed E-state index contributed by atoms with van der Waals surface area (Å²) >= 11 is 0. The molecule has 0 saturated carbocycles. The summed E-state index contributed by atoms with van der Waals surface area (Å²) in [5.41, 5.74) is 1.40.